The van der Waals surface area contributed by atoms with Crippen LogP contribution in [0.4, 0.5) is 0 Å². The largest absolute Gasteiger partial charge is 0.485 e. The number of hydrogen-bond acceptors (Lipinski definition) is 4. The number of carbonyl (C=O) groups excluding carboxylic acids is 1. The Hall–Kier alpha value is -3.28. The Morgan fingerprint density at radius 1 is 1.21 bits per heavy atom. The van der Waals surface area contributed by atoms with Crippen molar-refractivity contribution in [2.45, 2.75) is 32.3 Å². The van der Waals surface area contributed by atoms with Gasteiger partial charge in [-0.3, -0.25) is 4.79 Å². The molecule has 4 rings (SSSR count). The Kier molecular flexibility index (Phi) is 4.55. The summed E-state index contributed by atoms with van der Waals surface area (Å²) in [5.41, 5.74) is 5.56. The molecule has 28 heavy (non-hydrogen) atoms. The van der Waals surface area contributed by atoms with Crippen molar-refractivity contribution in [2.24, 2.45) is 5.10 Å². The summed E-state index contributed by atoms with van der Waals surface area (Å²) in [7, 11) is 0. The number of carbonyl (C=O) groups is 1. The SMILES string of the molecule is CC(C)(C)c1ccc2c(c1)OC(C(=O)N/N=C\c1c[nH]c3ccccc13)CO2. The molecule has 144 valence electrons. The third-order valence-electron chi connectivity index (χ3n) is 4.76. The third kappa shape index (κ3) is 3.58. The second-order valence-corrected chi connectivity index (χ2v) is 7.85. The van der Waals surface area contributed by atoms with Crippen molar-refractivity contribution >= 4 is 23.0 Å². The summed E-state index contributed by atoms with van der Waals surface area (Å²) in [6.07, 6.45) is 2.72. The Morgan fingerprint density at radius 2 is 2.04 bits per heavy atom. The van der Waals surface area contributed by atoms with Crippen molar-refractivity contribution in [1.29, 1.82) is 0 Å². The fourth-order valence-corrected chi connectivity index (χ4v) is 3.11. The van der Waals surface area contributed by atoms with Crippen LogP contribution in [0.25, 0.3) is 10.9 Å². The maximum Gasteiger partial charge on any atom is 0.284 e. The minimum absolute atomic E-state index is 0.0166. The number of fused-ring (bicyclic) bond motifs is 2. The molecule has 1 aliphatic rings. The molecule has 0 radical (unpaired) electrons. The lowest BCUT2D eigenvalue weighted by atomic mass is 9.87. The molecule has 0 saturated carbocycles. The normalized spacial score (nSPS) is 16.5. The molecule has 6 heteroatoms. The Labute approximate surface area is 163 Å². The van der Waals surface area contributed by atoms with Gasteiger partial charge in [-0.25, -0.2) is 5.43 Å². The van der Waals surface area contributed by atoms with E-state index in [0.717, 1.165) is 22.0 Å². The van der Waals surface area contributed by atoms with E-state index in [2.05, 4.69) is 36.3 Å². The van der Waals surface area contributed by atoms with E-state index >= 15 is 0 Å². The number of aromatic amines is 1. The minimum atomic E-state index is -0.747. The van der Waals surface area contributed by atoms with E-state index in [1.54, 1.807) is 6.21 Å². The number of ether oxygens (including phenoxy) is 2. The highest BCUT2D eigenvalue weighted by Gasteiger charge is 2.28. The molecular formula is C22H23N3O3. The molecule has 6 nitrogen and oxygen atoms in total. The van der Waals surface area contributed by atoms with Crippen molar-refractivity contribution in [2.75, 3.05) is 6.61 Å². The standard InChI is InChI=1S/C22H23N3O3/c1-22(2,3)15-8-9-18-19(10-15)28-20(13-27-18)21(26)25-24-12-14-11-23-17-7-5-4-6-16(14)17/h4-12,20,23H,13H2,1-3H3,(H,25,26)/b24-12-. The predicted octanol–water partition coefficient (Wildman–Crippen LogP) is 3.76. The number of para-hydroxylation sites is 1. The van der Waals surface area contributed by atoms with Crippen LogP contribution >= 0.6 is 0 Å². The molecule has 0 spiro atoms. The van der Waals surface area contributed by atoms with Crippen molar-refractivity contribution in [3.63, 3.8) is 0 Å². The Bertz CT molecular complexity index is 1050. The van der Waals surface area contributed by atoms with Gasteiger partial charge in [0.25, 0.3) is 5.91 Å². The third-order valence-corrected chi connectivity index (χ3v) is 4.76. The van der Waals surface area contributed by atoms with Crippen LogP contribution in [0.3, 0.4) is 0 Å². The van der Waals surface area contributed by atoms with Gasteiger partial charge in [0, 0.05) is 22.7 Å². The van der Waals surface area contributed by atoms with Crippen LogP contribution < -0.4 is 14.9 Å². The molecule has 2 N–H and O–H groups in total. The first-order valence-electron chi connectivity index (χ1n) is 9.25. The number of hydrogen-bond donors (Lipinski definition) is 2. The zero-order valence-electron chi connectivity index (χ0n) is 16.2. The summed E-state index contributed by atoms with van der Waals surface area (Å²) < 4.78 is 11.6. The van der Waals surface area contributed by atoms with Gasteiger partial charge >= 0.3 is 0 Å². The highest BCUT2D eigenvalue weighted by atomic mass is 16.6. The first-order valence-corrected chi connectivity index (χ1v) is 9.25. The molecule has 2 aromatic carbocycles. The second kappa shape index (κ2) is 7.03. The van der Waals surface area contributed by atoms with Gasteiger partial charge in [-0.15, -0.1) is 0 Å². The number of hydrazone groups is 1. The van der Waals surface area contributed by atoms with Crippen molar-refractivity contribution < 1.29 is 14.3 Å². The zero-order chi connectivity index (χ0) is 19.7. The van der Waals surface area contributed by atoms with Crippen LogP contribution in [0.1, 0.15) is 31.9 Å². The van der Waals surface area contributed by atoms with E-state index in [0.29, 0.717) is 11.5 Å². The summed E-state index contributed by atoms with van der Waals surface area (Å²) in [4.78, 5) is 15.6. The lowest BCUT2D eigenvalue weighted by Crippen LogP contribution is -2.42. The molecule has 1 atom stereocenters. The number of rotatable bonds is 3. The lowest BCUT2D eigenvalue weighted by molar-refractivity contribution is -0.130. The van der Waals surface area contributed by atoms with Gasteiger partial charge in [0.15, 0.2) is 11.5 Å². The number of amides is 1. The molecule has 1 amide bonds. The van der Waals surface area contributed by atoms with E-state index in [9.17, 15) is 4.79 Å². The molecule has 1 aromatic heterocycles. The summed E-state index contributed by atoms with van der Waals surface area (Å²) >= 11 is 0. The van der Waals surface area contributed by atoms with Gasteiger partial charge in [0.05, 0.1) is 6.21 Å². The van der Waals surface area contributed by atoms with Crippen molar-refractivity contribution in [1.82, 2.24) is 10.4 Å². The van der Waals surface area contributed by atoms with E-state index in [1.165, 1.54) is 0 Å². The van der Waals surface area contributed by atoms with Crippen molar-refractivity contribution in [3.05, 3.63) is 59.8 Å². The van der Waals surface area contributed by atoms with Gasteiger partial charge in [-0.2, -0.15) is 5.10 Å². The molecule has 1 unspecified atom stereocenters. The van der Waals surface area contributed by atoms with Gasteiger partial charge < -0.3 is 14.5 Å². The summed E-state index contributed by atoms with van der Waals surface area (Å²) in [6, 6.07) is 13.8. The number of benzene rings is 2. The minimum Gasteiger partial charge on any atom is -0.485 e. The zero-order valence-corrected chi connectivity index (χ0v) is 16.2. The van der Waals surface area contributed by atoms with Gasteiger partial charge in [-0.05, 0) is 29.2 Å². The predicted molar refractivity (Wildman–Crippen MR) is 109 cm³/mol. The average molecular weight is 377 g/mol. The summed E-state index contributed by atoms with van der Waals surface area (Å²) in [5, 5.41) is 5.11. The van der Waals surface area contributed by atoms with Crippen LogP contribution in [0.2, 0.25) is 0 Å². The molecule has 0 bridgehead atoms. The molecular weight excluding hydrogens is 354 g/mol. The molecule has 2 heterocycles. The van der Waals surface area contributed by atoms with Gasteiger partial charge in [0.2, 0.25) is 6.10 Å². The van der Waals surface area contributed by atoms with Crippen LogP contribution in [0.5, 0.6) is 11.5 Å². The van der Waals surface area contributed by atoms with Crippen LogP contribution in [0.15, 0.2) is 53.8 Å². The monoisotopic (exact) mass is 377 g/mol. The van der Waals surface area contributed by atoms with Crippen molar-refractivity contribution in [3.8, 4) is 11.5 Å². The highest BCUT2D eigenvalue weighted by Crippen LogP contribution is 2.36. The Morgan fingerprint density at radius 3 is 2.86 bits per heavy atom. The van der Waals surface area contributed by atoms with Gasteiger partial charge in [0.1, 0.15) is 6.61 Å². The second-order valence-electron chi connectivity index (χ2n) is 7.85. The quantitative estimate of drug-likeness (QED) is 0.539. The summed E-state index contributed by atoms with van der Waals surface area (Å²) in [6.45, 7) is 6.53. The van der Waals surface area contributed by atoms with E-state index in [1.807, 2.05) is 48.7 Å². The van der Waals surface area contributed by atoms with E-state index < -0.39 is 6.10 Å². The Balaban J connectivity index is 1.43. The van der Waals surface area contributed by atoms with Crippen LogP contribution in [0, 0.1) is 0 Å². The maximum absolute atomic E-state index is 12.4. The fourth-order valence-electron chi connectivity index (χ4n) is 3.11. The highest BCUT2D eigenvalue weighted by molar-refractivity contribution is 5.99. The topological polar surface area (TPSA) is 75.7 Å². The van der Waals surface area contributed by atoms with Crippen LogP contribution in [-0.4, -0.2) is 29.8 Å². The molecule has 3 aromatic rings. The summed E-state index contributed by atoms with van der Waals surface area (Å²) in [5.74, 6) is 0.890. The lowest BCUT2D eigenvalue weighted by Gasteiger charge is -2.27. The number of aromatic nitrogens is 1. The maximum atomic E-state index is 12.4. The number of nitrogens with zero attached hydrogens (tertiary/aromatic N) is 1. The number of nitrogens with one attached hydrogen (secondary N) is 2. The first-order chi connectivity index (χ1) is 13.4. The van der Waals surface area contributed by atoms with Crippen LogP contribution in [-0.2, 0) is 10.2 Å². The smallest absolute Gasteiger partial charge is 0.284 e. The fraction of sp³-hybridized carbons (Fsp3) is 0.273. The average Bonchev–Trinajstić information content (AvgIpc) is 3.09. The molecule has 0 aliphatic carbocycles. The molecule has 1 aliphatic heterocycles. The van der Waals surface area contributed by atoms with E-state index in [-0.39, 0.29) is 17.9 Å². The van der Waals surface area contributed by atoms with E-state index in [4.69, 9.17) is 9.47 Å². The van der Waals surface area contributed by atoms with Gasteiger partial charge in [-0.1, -0.05) is 45.0 Å². The first kappa shape index (κ1) is 18.1. The molecule has 0 fully saturated rings. The number of H-pyrrole nitrogens is 1. The molecule has 0 saturated heterocycles.